The second-order valence-electron chi connectivity index (χ2n) is 5.11. The lowest BCUT2D eigenvalue weighted by atomic mass is 10.1. The topological polar surface area (TPSA) is 50.7 Å². The second-order valence-corrected chi connectivity index (χ2v) is 5.89. The van der Waals surface area contributed by atoms with E-state index in [2.05, 4.69) is 29.1 Å². The molecule has 0 saturated heterocycles. The average Bonchev–Trinajstić information content (AvgIpc) is 3.06. The fraction of sp³-hybridized carbons (Fsp3) is 0.375. The number of ether oxygens (including phenoxy) is 2. The van der Waals surface area contributed by atoms with Crippen LogP contribution < -0.4 is 14.8 Å². The second kappa shape index (κ2) is 6.47. The molecule has 3 rings (SSSR count). The summed E-state index contributed by atoms with van der Waals surface area (Å²) in [6.07, 6.45) is -0.568. The van der Waals surface area contributed by atoms with Crippen molar-refractivity contribution >= 4 is 11.3 Å². The van der Waals surface area contributed by atoms with Crippen LogP contribution in [0.4, 0.5) is 0 Å². The molecule has 4 nitrogen and oxygen atoms in total. The van der Waals surface area contributed by atoms with Crippen molar-refractivity contribution in [3.8, 4) is 11.5 Å². The summed E-state index contributed by atoms with van der Waals surface area (Å²) >= 11 is 1.68. The van der Waals surface area contributed by atoms with Crippen LogP contribution in [0.2, 0.25) is 0 Å². The molecular weight excluding hydrogens is 286 g/mol. The number of nitrogens with one attached hydrogen (secondary N) is 1. The molecule has 0 amide bonds. The molecular formula is C16H19NO3S. The Labute approximate surface area is 128 Å². The van der Waals surface area contributed by atoms with Gasteiger partial charge in [-0.2, -0.15) is 11.3 Å². The van der Waals surface area contributed by atoms with E-state index >= 15 is 0 Å². The van der Waals surface area contributed by atoms with Crippen LogP contribution in [0.15, 0.2) is 35.0 Å². The third-order valence-electron chi connectivity index (χ3n) is 3.61. The van der Waals surface area contributed by atoms with Gasteiger partial charge in [0.15, 0.2) is 11.5 Å². The van der Waals surface area contributed by atoms with Crippen molar-refractivity contribution in [1.82, 2.24) is 5.32 Å². The smallest absolute Gasteiger partial charge is 0.161 e. The van der Waals surface area contributed by atoms with Crippen LogP contribution >= 0.6 is 11.3 Å². The van der Waals surface area contributed by atoms with Gasteiger partial charge in [0, 0.05) is 12.6 Å². The van der Waals surface area contributed by atoms with E-state index in [-0.39, 0.29) is 6.04 Å². The molecule has 0 fully saturated rings. The lowest BCUT2D eigenvalue weighted by molar-refractivity contribution is 0.161. The predicted molar refractivity (Wildman–Crippen MR) is 83.1 cm³/mol. The van der Waals surface area contributed by atoms with Gasteiger partial charge in [-0.25, -0.2) is 0 Å². The number of hydrogen-bond acceptors (Lipinski definition) is 5. The number of thiophene rings is 1. The molecule has 1 aliphatic heterocycles. The van der Waals surface area contributed by atoms with E-state index in [1.165, 1.54) is 5.56 Å². The van der Waals surface area contributed by atoms with Crippen LogP contribution in [0.25, 0.3) is 0 Å². The van der Waals surface area contributed by atoms with E-state index < -0.39 is 6.10 Å². The highest BCUT2D eigenvalue weighted by Crippen LogP contribution is 2.32. The van der Waals surface area contributed by atoms with Gasteiger partial charge in [0.1, 0.15) is 13.2 Å². The fourth-order valence-electron chi connectivity index (χ4n) is 2.31. The highest BCUT2D eigenvalue weighted by molar-refractivity contribution is 7.07. The number of hydrogen-bond donors (Lipinski definition) is 2. The molecule has 0 saturated carbocycles. The Kier molecular flexibility index (Phi) is 4.43. The summed E-state index contributed by atoms with van der Waals surface area (Å²) in [6.45, 7) is 3.73. The van der Waals surface area contributed by atoms with E-state index in [0.717, 1.165) is 11.3 Å². The van der Waals surface area contributed by atoms with Crippen LogP contribution in [0.3, 0.4) is 0 Å². The summed E-state index contributed by atoms with van der Waals surface area (Å²) in [5, 5.41) is 17.8. The maximum Gasteiger partial charge on any atom is 0.161 e. The molecule has 2 N–H and O–H groups in total. The normalized spacial score (nSPS) is 16.5. The minimum Gasteiger partial charge on any atom is -0.486 e. The summed E-state index contributed by atoms with van der Waals surface area (Å²) < 4.78 is 11.0. The van der Waals surface area contributed by atoms with Crippen LogP contribution in [0, 0.1) is 0 Å². The Bertz CT molecular complexity index is 585. The maximum atomic E-state index is 10.3. The van der Waals surface area contributed by atoms with Crippen molar-refractivity contribution in [3.05, 3.63) is 46.2 Å². The van der Waals surface area contributed by atoms with Gasteiger partial charge in [-0.15, -0.1) is 0 Å². The highest BCUT2D eigenvalue weighted by Gasteiger charge is 2.16. The Balaban J connectivity index is 1.61. The molecule has 1 aliphatic rings. The molecule has 0 spiro atoms. The quantitative estimate of drug-likeness (QED) is 0.892. The van der Waals surface area contributed by atoms with Gasteiger partial charge in [0.05, 0.1) is 6.10 Å². The first-order valence-electron chi connectivity index (χ1n) is 7.07. The summed E-state index contributed by atoms with van der Waals surface area (Å²) in [6, 6.07) is 7.92. The Morgan fingerprint density at radius 2 is 2.00 bits per heavy atom. The van der Waals surface area contributed by atoms with Gasteiger partial charge in [0.2, 0.25) is 0 Å². The zero-order valence-electron chi connectivity index (χ0n) is 11.9. The van der Waals surface area contributed by atoms with Gasteiger partial charge in [0.25, 0.3) is 0 Å². The number of benzene rings is 1. The summed E-state index contributed by atoms with van der Waals surface area (Å²) in [4.78, 5) is 0. The largest absolute Gasteiger partial charge is 0.486 e. The first-order chi connectivity index (χ1) is 10.2. The van der Waals surface area contributed by atoms with Crippen molar-refractivity contribution in [1.29, 1.82) is 0 Å². The molecule has 2 heterocycles. The third kappa shape index (κ3) is 3.37. The zero-order chi connectivity index (χ0) is 14.7. The Morgan fingerprint density at radius 1 is 1.19 bits per heavy atom. The average molecular weight is 305 g/mol. The monoisotopic (exact) mass is 305 g/mol. The molecule has 1 aromatic heterocycles. The van der Waals surface area contributed by atoms with E-state index in [0.29, 0.717) is 25.5 Å². The van der Waals surface area contributed by atoms with Crippen LogP contribution in [0.1, 0.15) is 30.2 Å². The number of aliphatic hydroxyl groups excluding tert-OH is 1. The minimum atomic E-state index is -0.568. The standard InChI is InChI=1S/C16H19NO3S/c1-11(13-4-7-21-10-13)17-9-14(18)12-2-3-15-16(8-12)20-6-5-19-15/h2-4,7-8,10-11,14,17-18H,5-6,9H2,1H3. The van der Waals surface area contributed by atoms with Crippen LogP contribution in [0.5, 0.6) is 11.5 Å². The minimum absolute atomic E-state index is 0.225. The number of aliphatic hydroxyl groups is 1. The van der Waals surface area contributed by atoms with Crippen LogP contribution in [-0.4, -0.2) is 24.9 Å². The molecule has 0 bridgehead atoms. The van der Waals surface area contributed by atoms with Gasteiger partial charge >= 0.3 is 0 Å². The van der Waals surface area contributed by atoms with Crippen molar-refractivity contribution in [2.75, 3.05) is 19.8 Å². The lowest BCUT2D eigenvalue weighted by Gasteiger charge is -2.21. The van der Waals surface area contributed by atoms with E-state index in [1.807, 2.05) is 18.2 Å². The van der Waals surface area contributed by atoms with Crippen molar-refractivity contribution in [3.63, 3.8) is 0 Å². The number of rotatable bonds is 5. The summed E-state index contributed by atoms with van der Waals surface area (Å²) in [7, 11) is 0. The Hall–Kier alpha value is -1.56. The van der Waals surface area contributed by atoms with Gasteiger partial charge in [-0.1, -0.05) is 6.07 Å². The summed E-state index contributed by atoms with van der Waals surface area (Å²) in [5.41, 5.74) is 2.08. The van der Waals surface area contributed by atoms with Gasteiger partial charge in [-0.3, -0.25) is 0 Å². The first kappa shape index (κ1) is 14.4. The first-order valence-corrected chi connectivity index (χ1v) is 8.01. The molecule has 0 radical (unpaired) electrons. The van der Waals surface area contributed by atoms with Crippen molar-refractivity contribution in [2.24, 2.45) is 0 Å². The predicted octanol–water partition coefficient (Wildman–Crippen LogP) is 2.90. The molecule has 1 aromatic carbocycles. The summed E-state index contributed by atoms with van der Waals surface area (Å²) in [5.74, 6) is 1.46. The van der Waals surface area contributed by atoms with Crippen LogP contribution in [-0.2, 0) is 0 Å². The highest BCUT2D eigenvalue weighted by atomic mass is 32.1. The molecule has 2 unspecified atom stereocenters. The molecule has 112 valence electrons. The fourth-order valence-corrected chi connectivity index (χ4v) is 3.07. The molecule has 2 aromatic rings. The molecule has 0 aliphatic carbocycles. The molecule has 2 atom stereocenters. The van der Waals surface area contributed by atoms with Gasteiger partial charge in [-0.05, 0) is 47.0 Å². The zero-order valence-corrected chi connectivity index (χ0v) is 12.7. The molecule has 21 heavy (non-hydrogen) atoms. The SMILES string of the molecule is CC(NCC(O)c1ccc2c(c1)OCCO2)c1ccsc1. The van der Waals surface area contributed by atoms with E-state index in [4.69, 9.17) is 9.47 Å². The lowest BCUT2D eigenvalue weighted by Crippen LogP contribution is -2.24. The van der Waals surface area contributed by atoms with Gasteiger partial charge < -0.3 is 19.9 Å². The van der Waals surface area contributed by atoms with E-state index in [9.17, 15) is 5.11 Å². The van der Waals surface area contributed by atoms with Crippen molar-refractivity contribution < 1.29 is 14.6 Å². The van der Waals surface area contributed by atoms with Crippen molar-refractivity contribution in [2.45, 2.75) is 19.1 Å². The molecule has 5 heteroatoms. The third-order valence-corrected chi connectivity index (χ3v) is 4.31. The maximum absolute atomic E-state index is 10.3. The van der Waals surface area contributed by atoms with E-state index in [1.54, 1.807) is 11.3 Å². The number of fused-ring (bicyclic) bond motifs is 1. The Morgan fingerprint density at radius 3 is 2.76 bits per heavy atom.